The minimum absolute atomic E-state index is 0.339. The van der Waals surface area contributed by atoms with Gasteiger partial charge in [-0.2, -0.15) is 10.2 Å². The molecule has 3 aromatic carbocycles. The highest BCUT2D eigenvalue weighted by Crippen LogP contribution is 2.23. The predicted molar refractivity (Wildman–Crippen MR) is 108 cm³/mol. The maximum absolute atomic E-state index is 12.2. The topological polar surface area (TPSA) is 70.1 Å². The van der Waals surface area contributed by atoms with E-state index in [4.69, 9.17) is 11.6 Å². The molecule has 0 saturated heterocycles. The van der Waals surface area contributed by atoms with Crippen LogP contribution in [0.4, 0.5) is 0 Å². The summed E-state index contributed by atoms with van der Waals surface area (Å²) in [5, 5.41) is 13.9. The quantitative estimate of drug-likeness (QED) is 0.403. The molecule has 0 aliphatic carbocycles. The molecule has 0 aliphatic heterocycles. The van der Waals surface area contributed by atoms with E-state index < -0.39 is 0 Å². The fourth-order valence-corrected chi connectivity index (χ4v) is 2.84. The van der Waals surface area contributed by atoms with Crippen LogP contribution in [0.3, 0.4) is 0 Å². The Hall–Kier alpha value is -3.44. The summed E-state index contributed by atoms with van der Waals surface area (Å²) in [7, 11) is 0. The number of nitrogens with one attached hydrogen (secondary N) is 2. The highest BCUT2D eigenvalue weighted by molar-refractivity contribution is 6.30. The van der Waals surface area contributed by atoms with E-state index in [0.29, 0.717) is 16.4 Å². The van der Waals surface area contributed by atoms with Crippen LogP contribution in [0.2, 0.25) is 5.02 Å². The normalized spacial score (nSPS) is 11.1. The summed E-state index contributed by atoms with van der Waals surface area (Å²) in [4.78, 5) is 12.2. The van der Waals surface area contributed by atoms with Crippen LogP contribution in [0, 0.1) is 0 Å². The Balaban J connectivity index is 1.47. The lowest BCUT2D eigenvalue weighted by molar-refractivity contribution is 0.0950. The third-order valence-corrected chi connectivity index (χ3v) is 4.37. The molecule has 0 atom stereocenters. The van der Waals surface area contributed by atoms with Gasteiger partial charge in [0, 0.05) is 10.6 Å². The van der Waals surface area contributed by atoms with Crippen molar-refractivity contribution in [2.24, 2.45) is 5.10 Å². The lowest BCUT2D eigenvalue weighted by Crippen LogP contribution is -2.17. The number of hydrogen-bond acceptors (Lipinski definition) is 3. The smallest absolute Gasteiger partial charge is 0.272 e. The van der Waals surface area contributed by atoms with Gasteiger partial charge in [-0.05, 0) is 40.6 Å². The maximum atomic E-state index is 12.2. The zero-order valence-corrected chi connectivity index (χ0v) is 14.9. The largest absolute Gasteiger partial charge is 0.289 e. The number of halogens is 1. The number of aromatic amines is 1. The van der Waals surface area contributed by atoms with Crippen molar-refractivity contribution in [3.8, 4) is 11.3 Å². The van der Waals surface area contributed by atoms with Gasteiger partial charge in [-0.1, -0.05) is 60.1 Å². The van der Waals surface area contributed by atoms with Crippen LogP contribution in [-0.2, 0) is 0 Å². The number of amides is 1. The van der Waals surface area contributed by atoms with Crippen LogP contribution in [0.5, 0.6) is 0 Å². The van der Waals surface area contributed by atoms with Crippen LogP contribution in [0.25, 0.3) is 22.0 Å². The van der Waals surface area contributed by atoms with Crippen LogP contribution in [-0.4, -0.2) is 22.3 Å². The summed E-state index contributed by atoms with van der Waals surface area (Å²) in [6.45, 7) is 0. The first-order chi connectivity index (χ1) is 13.2. The maximum Gasteiger partial charge on any atom is 0.289 e. The highest BCUT2D eigenvalue weighted by Gasteiger charge is 2.10. The molecule has 1 heterocycles. The fourth-order valence-electron chi connectivity index (χ4n) is 2.71. The fraction of sp³-hybridized carbons (Fsp3) is 0. The molecule has 4 aromatic rings. The highest BCUT2D eigenvalue weighted by atomic mass is 35.5. The van der Waals surface area contributed by atoms with Gasteiger partial charge in [0.1, 0.15) is 5.69 Å². The summed E-state index contributed by atoms with van der Waals surface area (Å²) in [5.74, 6) is -0.361. The van der Waals surface area contributed by atoms with Gasteiger partial charge >= 0.3 is 0 Å². The van der Waals surface area contributed by atoms with Gasteiger partial charge in [-0.15, -0.1) is 0 Å². The number of hydrogen-bond donors (Lipinski definition) is 2. The van der Waals surface area contributed by atoms with E-state index >= 15 is 0 Å². The number of H-pyrrole nitrogens is 1. The number of carbonyl (C=O) groups excluding carboxylic acids is 1. The van der Waals surface area contributed by atoms with E-state index in [9.17, 15) is 4.79 Å². The van der Waals surface area contributed by atoms with Crippen molar-refractivity contribution in [1.82, 2.24) is 15.6 Å². The molecule has 132 valence electrons. The molecular weight excluding hydrogens is 360 g/mol. The SMILES string of the molecule is O=C(N/N=C\c1ccc(Cl)cc1)c1cc(-c2ccc3ccccc3c2)n[nH]1. The van der Waals surface area contributed by atoms with E-state index in [-0.39, 0.29) is 5.91 Å². The van der Waals surface area contributed by atoms with Crippen LogP contribution in [0.15, 0.2) is 77.9 Å². The Morgan fingerprint density at radius 2 is 1.78 bits per heavy atom. The van der Waals surface area contributed by atoms with Crippen molar-refractivity contribution in [3.63, 3.8) is 0 Å². The van der Waals surface area contributed by atoms with Crippen LogP contribution in [0.1, 0.15) is 16.1 Å². The van der Waals surface area contributed by atoms with Crippen LogP contribution < -0.4 is 5.43 Å². The van der Waals surface area contributed by atoms with Gasteiger partial charge in [-0.3, -0.25) is 9.89 Å². The minimum atomic E-state index is -0.361. The molecule has 0 bridgehead atoms. The number of benzene rings is 3. The summed E-state index contributed by atoms with van der Waals surface area (Å²) in [6, 6.07) is 23.0. The molecular formula is C21H15ClN4O. The minimum Gasteiger partial charge on any atom is -0.272 e. The second-order valence-electron chi connectivity index (χ2n) is 5.98. The number of fused-ring (bicyclic) bond motifs is 1. The Morgan fingerprint density at radius 3 is 2.59 bits per heavy atom. The molecule has 0 saturated carbocycles. The van der Waals surface area contributed by atoms with Gasteiger partial charge in [0.05, 0.1) is 11.9 Å². The van der Waals surface area contributed by atoms with Gasteiger partial charge < -0.3 is 0 Å². The first-order valence-corrected chi connectivity index (χ1v) is 8.70. The average molecular weight is 375 g/mol. The average Bonchev–Trinajstić information content (AvgIpc) is 3.19. The molecule has 0 aliphatic rings. The first-order valence-electron chi connectivity index (χ1n) is 8.32. The summed E-state index contributed by atoms with van der Waals surface area (Å²) in [5.41, 5.74) is 5.30. The van der Waals surface area contributed by atoms with Crippen LogP contribution >= 0.6 is 11.6 Å². The number of carbonyl (C=O) groups is 1. The molecule has 0 spiro atoms. The van der Waals surface area contributed by atoms with Crippen molar-refractivity contribution in [1.29, 1.82) is 0 Å². The van der Waals surface area contributed by atoms with Crippen molar-refractivity contribution in [2.45, 2.75) is 0 Å². The second-order valence-corrected chi connectivity index (χ2v) is 6.42. The van der Waals surface area contributed by atoms with E-state index in [1.54, 1.807) is 24.4 Å². The zero-order valence-electron chi connectivity index (χ0n) is 14.2. The molecule has 6 heteroatoms. The van der Waals surface area contributed by atoms with Gasteiger partial charge in [-0.25, -0.2) is 5.43 Å². The van der Waals surface area contributed by atoms with Crippen molar-refractivity contribution < 1.29 is 4.79 Å². The molecule has 5 nitrogen and oxygen atoms in total. The number of nitrogens with zero attached hydrogens (tertiary/aromatic N) is 2. The summed E-state index contributed by atoms with van der Waals surface area (Å²) < 4.78 is 0. The Labute approximate surface area is 160 Å². The van der Waals surface area contributed by atoms with Gasteiger partial charge in [0.15, 0.2) is 0 Å². The Kier molecular flexibility index (Phi) is 4.68. The molecule has 2 N–H and O–H groups in total. The van der Waals surface area contributed by atoms with E-state index in [1.165, 1.54) is 0 Å². The molecule has 4 rings (SSSR count). The zero-order chi connectivity index (χ0) is 18.6. The number of hydrazone groups is 1. The second kappa shape index (κ2) is 7.43. The van der Waals surface area contributed by atoms with Crippen molar-refractivity contribution in [3.05, 3.63) is 89.1 Å². The molecule has 0 radical (unpaired) electrons. The molecule has 0 unspecified atom stereocenters. The Bertz CT molecular complexity index is 1130. The molecule has 1 aromatic heterocycles. The molecule has 0 fully saturated rings. The number of aromatic nitrogens is 2. The van der Waals surface area contributed by atoms with E-state index in [1.807, 2.05) is 48.5 Å². The summed E-state index contributed by atoms with van der Waals surface area (Å²) in [6.07, 6.45) is 1.55. The monoisotopic (exact) mass is 374 g/mol. The van der Waals surface area contributed by atoms with E-state index in [0.717, 1.165) is 21.9 Å². The Morgan fingerprint density at radius 1 is 1.00 bits per heavy atom. The molecule has 27 heavy (non-hydrogen) atoms. The van der Waals surface area contributed by atoms with Crippen molar-refractivity contribution in [2.75, 3.05) is 0 Å². The van der Waals surface area contributed by atoms with Crippen molar-refractivity contribution >= 4 is 34.5 Å². The standard InChI is InChI=1S/C21H15ClN4O/c22-18-9-5-14(6-10-18)13-23-26-21(27)20-12-19(24-25-20)17-8-7-15-3-1-2-4-16(15)11-17/h1-13H,(H,24,25)(H,26,27)/b23-13-. The van der Waals surface area contributed by atoms with E-state index in [2.05, 4.69) is 26.8 Å². The third-order valence-electron chi connectivity index (χ3n) is 4.12. The summed E-state index contributed by atoms with van der Waals surface area (Å²) >= 11 is 5.84. The lowest BCUT2D eigenvalue weighted by Gasteiger charge is -2.00. The predicted octanol–water partition coefficient (Wildman–Crippen LogP) is 4.65. The molecule has 1 amide bonds. The van der Waals surface area contributed by atoms with Gasteiger partial charge in [0.2, 0.25) is 0 Å². The first kappa shape index (κ1) is 17.0. The van der Waals surface area contributed by atoms with Gasteiger partial charge in [0.25, 0.3) is 5.91 Å². The third kappa shape index (κ3) is 3.88. The lowest BCUT2D eigenvalue weighted by atomic mass is 10.1. The number of rotatable bonds is 4.